The molecule has 1 aliphatic rings. The minimum Gasteiger partial charge on any atom is -0.382 e. The number of nitrogens with zero attached hydrogens (tertiary/aromatic N) is 1. The first kappa shape index (κ1) is 17.3. The third-order valence-electron chi connectivity index (χ3n) is 4.00. The van der Waals surface area contributed by atoms with Crippen molar-refractivity contribution >= 4 is 17.7 Å². The van der Waals surface area contributed by atoms with Crippen molar-refractivity contribution in [2.75, 3.05) is 46.3 Å². The molecule has 0 bridgehead atoms. The van der Waals surface area contributed by atoms with Crippen LogP contribution in [-0.4, -0.2) is 57.1 Å². The Hall–Kier alpha value is -1.04. The second-order valence-electron chi connectivity index (χ2n) is 5.54. The highest BCUT2D eigenvalue weighted by Crippen LogP contribution is 2.21. The van der Waals surface area contributed by atoms with Gasteiger partial charge in [-0.1, -0.05) is 6.07 Å². The van der Waals surface area contributed by atoms with Gasteiger partial charge in [0, 0.05) is 37.3 Å². The standard InChI is InChI=1S/C17H25NO3S/c1-20-10-11-21-13-14-6-8-18(9-7-14)17(19)15-4-3-5-16(12-15)22-2/h3-5,12,14H,6-11,13H2,1-2H3. The predicted molar refractivity (Wildman–Crippen MR) is 89.5 cm³/mol. The summed E-state index contributed by atoms with van der Waals surface area (Å²) in [5.74, 6) is 0.702. The molecule has 122 valence electrons. The number of hydrogen-bond acceptors (Lipinski definition) is 4. The van der Waals surface area contributed by atoms with E-state index in [4.69, 9.17) is 9.47 Å². The number of methoxy groups -OCH3 is 1. The van der Waals surface area contributed by atoms with Gasteiger partial charge in [0.1, 0.15) is 0 Å². The molecule has 0 aliphatic carbocycles. The number of rotatable bonds is 7. The van der Waals surface area contributed by atoms with Crippen LogP contribution < -0.4 is 0 Å². The number of thioether (sulfide) groups is 1. The molecule has 0 atom stereocenters. The van der Waals surface area contributed by atoms with Gasteiger partial charge in [-0.05, 0) is 43.2 Å². The lowest BCUT2D eigenvalue weighted by molar-refractivity contribution is 0.0327. The van der Waals surface area contributed by atoms with Crippen molar-refractivity contribution in [3.63, 3.8) is 0 Å². The lowest BCUT2D eigenvalue weighted by atomic mass is 9.97. The van der Waals surface area contributed by atoms with Crippen LogP contribution in [0.1, 0.15) is 23.2 Å². The fourth-order valence-electron chi connectivity index (χ4n) is 2.63. The summed E-state index contributed by atoms with van der Waals surface area (Å²) in [5, 5.41) is 0. The molecule has 0 N–H and O–H groups in total. The van der Waals surface area contributed by atoms with Crippen molar-refractivity contribution in [2.24, 2.45) is 5.92 Å². The van der Waals surface area contributed by atoms with Gasteiger partial charge in [-0.25, -0.2) is 0 Å². The maximum absolute atomic E-state index is 12.5. The summed E-state index contributed by atoms with van der Waals surface area (Å²) in [6.45, 7) is 3.70. The minimum absolute atomic E-state index is 0.148. The minimum atomic E-state index is 0.148. The van der Waals surface area contributed by atoms with Gasteiger partial charge >= 0.3 is 0 Å². The van der Waals surface area contributed by atoms with E-state index in [0.717, 1.165) is 43.0 Å². The van der Waals surface area contributed by atoms with Gasteiger partial charge in [0.15, 0.2) is 0 Å². The smallest absolute Gasteiger partial charge is 0.253 e. The molecule has 1 saturated heterocycles. The molecule has 1 amide bonds. The lowest BCUT2D eigenvalue weighted by Crippen LogP contribution is -2.39. The van der Waals surface area contributed by atoms with Gasteiger partial charge < -0.3 is 14.4 Å². The molecule has 0 unspecified atom stereocenters. The predicted octanol–water partition coefficient (Wildman–Crippen LogP) is 2.92. The Kier molecular flexibility index (Phi) is 7.22. The van der Waals surface area contributed by atoms with Crippen LogP contribution in [0.5, 0.6) is 0 Å². The number of carbonyl (C=O) groups is 1. The molecule has 2 rings (SSSR count). The summed E-state index contributed by atoms with van der Waals surface area (Å²) in [7, 11) is 1.68. The Bertz CT molecular complexity index is 473. The van der Waals surface area contributed by atoms with Gasteiger partial charge in [0.05, 0.1) is 13.2 Å². The number of hydrogen-bond donors (Lipinski definition) is 0. The Morgan fingerprint density at radius 3 is 2.77 bits per heavy atom. The van der Waals surface area contributed by atoms with E-state index in [1.807, 2.05) is 35.4 Å². The molecule has 0 spiro atoms. The third kappa shape index (κ3) is 5.00. The van der Waals surface area contributed by atoms with E-state index in [1.54, 1.807) is 18.9 Å². The fourth-order valence-corrected chi connectivity index (χ4v) is 3.09. The molecule has 1 heterocycles. The molecule has 22 heavy (non-hydrogen) atoms. The van der Waals surface area contributed by atoms with Crippen LogP contribution in [-0.2, 0) is 9.47 Å². The zero-order valence-corrected chi connectivity index (χ0v) is 14.2. The Morgan fingerprint density at radius 2 is 2.09 bits per heavy atom. The summed E-state index contributed by atoms with van der Waals surface area (Å²) in [5.41, 5.74) is 0.793. The average molecular weight is 323 g/mol. The van der Waals surface area contributed by atoms with E-state index in [9.17, 15) is 4.79 Å². The largest absolute Gasteiger partial charge is 0.382 e. The first-order valence-electron chi connectivity index (χ1n) is 7.74. The zero-order chi connectivity index (χ0) is 15.8. The molecule has 0 aromatic heterocycles. The Balaban J connectivity index is 1.79. The lowest BCUT2D eigenvalue weighted by Gasteiger charge is -2.32. The van der Waals surface area contributed by atoms with Crippen molar-refractivity contribution in [1.82, 2.24) is 4.90 Å². The van der Waals surface area contributed by atoms with E-state index in [1.165, 1.54) is 0 Å². The molecule has 1 aromatic rings. The summed E-state index contributed by atoms with van der Waals surface area (Å²) in [6, 6.07) is 7.87. The first-order chi connectivity index (χ1) is 10.7. The van der Waals surface area contributed by atoms with Crippen LogP contribution in [0.15, 0.2) is 29.2 Å². The van der Waals surface area contributed by atoms with E-state index in [-0.39, 0.29) is 5.91 Å². The zero-order valence-electron chi connectivity index (χ0n) is 13.4. The molecule has 5 heteroatoms. The summed E-state index contributed by atoms with van der Waals surface area (Å²) >= 11 is 1.66. The molecule has 0 radical (unpaired) electrons. The van der Waals surface area contributed by atoms with Crippen LogP contribution >= 0.6 is 11.8 Å². The molecule has 1 aliphatic heterocycles. The highest BCUT2D eigenvalue weighted by molar-refractivity contribution is 7.98. The number of benzene rings is 1. The third-order valence-corrected chi connectivity index (χ3v) is 4.73. The van der Waals surface area contributed by atoms with Crippen LogP contribution in [0.4, 0.5) is 0 Å². The topological polar surface area (TPSA) is 38.8 Å². The molecule has 4 nitrogen and oxygen atoms in total. The number of likely N-dealkylation sites (tertiary alicyclic amines) is 1. The molecule has 1 aromatic carbocycles. The molecular formula is C17H25NO3S. The normalized spacial score (nSPS) is 16.0. The van der Waals surface area contributed by atoms with Gasteiger partial charge in [0.2, 0.25) is 0 Å². The van der Waals surface area contributed by atoms with E-state index >= 15 is 0 Å². The van der Waals surface area contributed by atoms with E-state index in [2.05, 4.69) is 0 Å². The second-order valence-corrected chi connectivity index (χ2v) is 6.41. The fraction of sp³-hybridized carbons (Fsp3) is 0.588. The highest BCUT2D eigenvalue weighted by Gasteiger charge is 2.23. The van der Waals surface area contributed by atoms with Crippen molar-refractivity contribution < 1.29 is 14.3 Å². The van der Waals surface area contributed by atoms with Crippen LogP contribution in [0.25, 0.3) is 0 Å². The van der Waals surface area contributed by atoms with Crippen LogP contribution in [0.3, 0.4) is 0 Å². The Morgan fingerprint density at radius 1 is 1.32 bits per heavy atom. The highest BCUT2D eigenvalue weighted by atomic mass is 32.2. The quantitative estimate of drug-likeness (QED) is 0.571. The molecule has 0 saturated carbocycles. The first-order valence-corrected chi connectivity index (χ1v) is 8.97. The van der Waals surface area contributed by atoms with Gasteiger partial charge in [-0.3, -0.25) is 4.79 Å². The summed E-state index contributed by atoms with van der Waals surface area (Å²) < 4.78 is 10.6. The number of ether oxygens (including phenoxy) is 2. The number of piperidine rings is 1. The number of carbonyl (C=O) groups excluding carboxylic acids is 1. The Labute approximate surface area is 137 Å². The van der Waals surface area contributed by atoms with Gasteiger partial charge in [-0.2, -0.15) is 0 Å². The van der Waals surface area contributed by atoms with Gasteiger partial charge in [-0.15, -0.1) is 11.8 Å². The van der Waals surface area contributed by atoms with Crippen molar-refractivity contribution in [3.8, 4) is 0 Å². The monoisotopic (exact) mass is 323 g/mol. The molecule has 1 fully saturated rings. The second kappa shape index (κ2) is 9.18. The maximum Gasteiger partial charge on any atom is 0.253 e. The van der Waals surface area contributed by atoms with E-state index in [0.29, 0.717) is 19.1 Å². The van der Waals surface area contributed by atoms with Crippen molar-refractivity contribution in [2.45, 2.75) is 17.7 Å². The van der Waals surface area contributed by atoms with E-state index < -0.39 is 0 Å². The van der Waals surface area contributed by atoms with Crippen molar-refractivity contribution in [3.05, 3.63) is 29.8 Å². The summed E-state index contributed by atoms with van der Waals surface area (Å²) in [6.07, 6.45) is 4.06. The average Bonchev–Trinajstić information content (AvgIpc) is 2.59. The SMILES string of the molecule is COCCOCC1CCN(C(=O)c2cccc(SC)c2)CC1. The van der Waals surface area contributed by atoms with Crippen molar-refractivity contribution in [1.29, 1.82) is 0 Å². The summed E-state index contributed by atoms with van der Waals surface area (Å²) in [4.78, 5) is 15.6. The van der Waals surface area contributed by atoms with Crippen LogP contribution in [0.2, 0.25) is 0 Å². The maximum atomic E-state index is 12.5. The number of amides is 1. The van der Waals surface area contributed by atoms with Gasteiger partial charge in [0.25, 0.3) is 5.91 Å². The van der Waals surface area contributed by atoms with Crippen LogP contribution in [0, 0.1) is 5.92 Å². The molecular weight excluding hydrogens is 298 g/mol.